The summed E-state index contributed by atoms with van der Waals surface area (Å²) in [7, 11) is 1.98. The van der Waals surface area contributed by atoms with E-state index in [-0.39, 0.29) is 24.6 Å². The molecule has 0 amide bonds. The summed E-state index contributed by atoms with van der Waals surface area (Å²) in [5.74, 6) is 1.44. The molecule has 8 heteroatoms. The van der Waals surface area contributed by atoms with Crippen molar-refractivity contribution >= 4 is 33.8 Å². The van der Waals surface area contributed by atoms with Gasteiger partial charge in [-0.15, -0.1) is 0 Å². The summed E-state index contributed by atoms with van der Waals surface area (Å²) in [4.78, 5) is 10.5. The van der Waals surface area contributed by atoms with Gasteiger partial charge in [-0.1, -0.05) is 24.4 Å². The lowest BCUT2D eigenvalue weighted by atomic mass is 9.96. The van der Waals surface area contributed by atoms with Crippen LogP contribution in [0.2, 0.25) is 0 Å². The molecule has 3 heterocycles. The average molecular weight is 401 g/mol. The predicted molar refractivity (Wildman–Crippen MR) is 111 cm³/mol. The first-order valence-corrected chi connectivity index (χ1v) is 9.48. The van der Waals surface area contributed by atoms with E-state index >= 15 is 0 Å². The first kappa shape index (κ1) is 18.9. The molecule has 4 rings (SSSR count). The van der Waals surface area contributed by atoms with E-state index in [1.54, 1.807) is 11.1 Å². The van der Waals surface area contributed by atoms with Gasteiger partial charge in [0.05, 0.1) is 11.9 Å². The SMILES string of the molecule is Cc1ncc(-c2ccc3cnc(NC(=S)C4(F)CN(CCF)C4)cc3c2)n1C. The van der Waals surface area contributed by atoms with Gasteiger partial charge in [-0.25, -0.2) is 18.7 Å². The van der Waals surface area contributed by atoms with E-state index in [0.717, 1.165) is 27.9 Å². The van der Waals surface area contributed by atoms with Gasteiger partial charge in [0.1, 0.15) is 23.3 Å². The molecule has 0 saturated carbocycles. The van der Waals surface area contributed by atoms with Crippen molar-refractivity contribution in [3.8, 4) is 11.3 Å². The number of rotatable bonds is 5. The zero-order valence-corrected chi connectivity index (χ0v) is 16.6. The molecule has 1 aliphatic rings. The molecule has 1 aromatic carbocycles. The van der Waals surface area contributed by atoms with Gasteiger partial charge in [0.25, 0.3) is 0 Å². The highest BCUT2D eigenvalue weighted by Crippen LogP contribution is 2.29. The van der Waals surface area contributed by atoms with Crippen LogP contribution in [0, 0.1) is 6.92 Å². The number of aryl methyl sites for hydroxylation is 1. The summed E-state index contributed by atoms with van der Waals surface area (Å²) >= 11 is 5.25. The summed E-state index contributed by atoms with van der Waals surface area (Å²) in [6.07, 6.45) is 3.58. The van der Waals surface area contributed by atoms with Gasteiger partial charge in [0, 0.05) is 43.8 Å². The Balaban J connectivity index is 1.56. The van der Waals surface area contributed by atoms with Gasteiger partial charge in [0.2, 0.25) is 0 Å². The van der Waals surface area contributed by atoms with Crippen LogP contribution in [0.5, 0.6) is 0 Å². The summed E-state index contributed by atoms with van der Waals surface area (Å²) in [6, 6.07) is 7.94. The third-order valence-corrected chi connectivity index (χ3v) is 5.70. The number of anilines is 1. The average Bonchev–Trinajstić information content (AvgIpc) is 2.98. The number of nitrogens with zero attached hydrogens (tertiary/aromatic N) is 4. The summed E-state index contributed by atoms with van der Waals surface area (Å²) < 4.78 is 29.2. The van der Waals surface area contributed by atoms with Crippen molar-refractivity contribution in [2.45, 2.75) is 12.6 Å². The zero-order chi connectivity index (χ0) is 19.9. The van der Waals surface area contributed by atoms with Crippen molar-refractivity contribution in [3.63, 3.8) is 0 Å². The van der Waals surface area contributed by atoms with Crippen molar-refractivity contribution < 1.29 is 8.78 Å². The Morgan fingerprint density at radius 1 is 1.21 bits per heavy atom. The van der Waals surface area contributed by atoms with Gasteiger partial charge < -0.3 is 9.88 Å². The second-order valence-corrected chi connectivity index (χ2v) is 7.61. The highest BCUT2D eigenvalue weighted by Gasteiger charge is 2.47. The van der Waals surface area contributed by atoms with Crippen LogP contribution in [0.15, 0.2) is 36.7 Å². The molecule has 5 nitrogen and oxygen atoms in total. The summed E-state index contributed by atoms with van der Waals surface area (Å²) in [5, 5.41) is 4.87. The summed E-state index contributed by atoms with van der Waals surface area (Å²) in [5.41, 5.74) is 0.430. The zero-order valence-electron chi connectivity index (χ0n) is 15.7. The molecule has 1 N–H and O–H groups in total. The number of alkyl halides is 2. The molecule has 28 heavy (non-hydrogen) atoms. The molecule has 0 spiro atoms. The van der Waals surface area contributed by atoms with E-state index in [0.29, 0.717) is 5.82 Å². The number of benzene rings is 1. The third-order valence-electron chi connectivity index (χ3n) is 5.24. The number of aromatic nitrogens is 3. The fourth-order valence-electron chi connectivity index (χ4n) is 3.45. The van der Waals surface area contributed by atoms with Gasteiger partial charge in [-0.2, -0.15) is 0 Å². The number of halogens is 2. The van der Waals surface area contributed by atoms with Gasteiger partial charge in [-0.05, 0) is 24.4 Å². The topological polar surface area (TPSA) is 46.0 Å². The van der Waals surface area contributed by atoms with Gasteiger partial charge >= 0.3 is 0 Å². The smallest absolute Gasteiger partial charge is 0.185 e. The first-order chi connectivity index (χ1) is 13.4. The van der Waals surface area contributed by atoms with E-state index in [4.69, 9.17) is 12.2 Å². The maximum Gasteiger partial charge on any atom is 0.185 e. The van der Waals surface area contributed by atoms with Crippen LogP contribution >= 0.6 is 12.2 Å². The largest absolute Gasteiger partial charge is 0.332 e. The molecule has 1 aliphatic heterocycles. The van der Waals surface area contributed by atoms with Crippen molar-refractivity contribution in [3.05, 3.63) is 42.5 Å². The molecule has 2 aromatic heterocycles. The van der Waals surface area contributed by atoms with E-state index in [9.17, 15) is 8.78 Å². The second-order valence-electron chi connectivity index (χ2n) is 7.20. The Labute approximate surface area is 167 Å². The Hall–Kier alpha value is -2.45. The molecule has 1 saturated heterocycles. The van der Waals surface area contributed by atoms with Crippen molar-refractivity contribution in [2.75, 3.05) is 31.6 Å². The molecule has 0 aliphatic carbocycles. The lowest BCUT2D eigenvalue weighted by Crippen LogP contribution is -2.64. The van der Waals surface area contributed by atoms with E-state index in [2.05, 4.69) is 21.4 Å². The van der Waals surface area contributed by atoms with Gasteiger partial charge in [0.15, 0.2) is 5.67 Å². The van der Waals surface area contributed by atoms with Crippen LogP contribution in [0.25, 0.3) is 22.0 Å². The predicted octanol–water partition coefficient (Wildman–Crippen LogP) is 3.68. The molecular formula is C20H21F2N5S. The van der Waals surface area contributed by atoms with Crippen LogP contribution < -0.4 is 5.32 Å². The Bertz CT molecular complexity index is 1040. The number of likely N-dealkylation sites (tertiary alicyclic amines) is 1. The molecular weight excluding hydrogens is 380 g/mol. The van der Waals surface area contributed by atoms with Crippen LogP contribution in [-0.2, 0) is 7.05 Å². The minimum absolute atomic E-state index is 0.0906. The normalized spacial score (nSPS) is 16.1. The fourth-order valence-corrected chi connectivity index (χ4v) is 3.68. The van der Waals surface area contributed by atoms with Crippen LogP contribution in [-0.4, -0.2) is 56.4 Å². The minimum atomic E-state index is -1.63. The second kappa shape index (κ2) is 7.18. The van der Waals surface area contributed by atoms with E-state index in [1.165, 1.54) is 0 Å². The standard InChI is InChI=1S/C20H21F2N5S/c1-13-23-10-17(26(13)2)14-3-4-15-9-24-18(8-16(15)7-14)25-19(28)20(22)11-27(12-20)6-5-21/h3-4,7-10H,5-6,11-12H2,1-2H3,(H,24,25,28). The number of hydrogen-bond acceptors (Lipinski definition) is 4. The van der Waals surface area contributed by atoms with Crippen molar-refractivity contribution in [1.29, 1.82) is 0 Å². The highest BCUT2D eigenvalue weighted by molar-refractivity contribution is 7.80. The Morgan fingerprint density at radius 2 is 2.00 bits per heavy atom. The molecule has 1 fully saturated rings. The first-order valence-electron chi connectivity index (χ1n) is 9.07. The van der Waals surface area contributed by atoms with Crippen LogP contribution in [0.4, 0.5) is 14.6 Å². The number of pyridine rings is 1. The summed E-state index contributed by atoms with van der Waals surface area (Å²) in [6.45, 7) is 1.93. The maximum atomic E-state index is 14.8. The monoisotopic (exact) mass is 401 g/mol. The molecule has 0 bridgehead atoms. The molecule has 146 valence electrons. The number of fused-ring (bicyclic) bond motifs is 1. The van der Waals surface area contributed by atoms with Gasteiger partial charge in [-0.3, -0.25) is 4.90 Å². The minimum Gasteiger partial charge on any atom is -0.332 e. The van der Waals surface area contributed by atoms with Crippen LogP contribution in [0.3, 0.4) is 0 Å². The molecule has 3 aromatic rings. The number of thiocarbonyl (C=S) groups is 1. The maximum absolute atomic E-state index is 14.8. The number of nitrogens with one attached hydrogen (secondary N) is 1. The van der Waals surface area contributed by atoms with E-state index in [1.807, 2.05) is 42.9 Å². The third kappa shape index (κ3) is 3.38. The van der Waals surface area contributed by atoms with Crippen molar-refractivity contribution in [1.82, 2.24) is 19.4 Å². The lowest BCUT2D eigenvalue weighted by molar-refractivity contribution is 0.0191. The molecule has 0 atom stereocenters. The fraction of sp³-hybridized carbons (Fsp3) is 0.350. The molecule has 0 radical (unpaired) electrons. The van der Waals surface area contributed by atoms with E-state index < -0.39 is 12.3 Å². The quantitative estimate of drug-likeness (QED) is 0.661. The Morgan fingerprint density at radius 3 is 2.68 bits per heavy atom. The number of imidazole rings is 1. The Kier molecular flexibility index (Phi) is 4.84. The van der Waals surface area contributed by atoms with Crippen LogP contribution in [0.1, 0.15) is 5.82 Å². The molecule has 0 unspecified atom stereocenters. The number of hydrogen-bond donors (Lipinski definition) is 1. The highest BCUT2D eigenvalue weighted by atomic mass is 32.1. The lowest BCUT2D eigenvalue weighted by Gasteiger charge is -2.44. The van der Waals surface area contributed by atoms with Crippen molar-refractivity contribution in [2.24, 2.45) is 7.05 Å².